The Morgan fingerprint density at radius 1 is 0.952 bits per heavy atom. The van der Waals surface area contributed by atoms with Gasteiger partial charge in [-0.25, -0.2) is 0 Å². The molecule has 0 aliphatic rings. The highest BCUT2D eigenvalue weighted by Gasteiger charge is 2.03. The lowest BCUT2D eigenvalue weighted by Crippen LogP contribution is -1.94. The van der Waals surface area contributed by atoms with E-state index in [1.807, 2.05) is 18.2 Å². The van der Waals surface area contributed by atoms with Gasteiger partial charge in [0.25, 0.3) is 0 Å². The van der Waals surface area contributed by atoms with Crippen molar-refractivity contribution in [3.63, 3.8) is 0 Å². The molecular weight excluding hydrogens is 264 g/mol. The van der Waals surface area contributed by atoms with Crippen molar-refractivity contribution in [2.75, 3.05) is 7.11 Å². The zero-order chi connectivity index (χ0) is 15.7. The Morgan fingerprint density at radius 3 is 1.90 bits per heavy atom. The molecular formula is C17H14N2O2. The molecule has 4 nitrogen and oxygen atoms in total. The van der Waals surface area contributed by atoms with Gasteiger partial charge in [-0.05, 0) is 25.1 Å². The van der Waals surface area contributed by atoms with Crippen LogP contribution in [0.2, 0.25) is 0 Å². The molecule has 0 unspecified atom stereocenters. The van der Waals surface area contributed by atoms with Gasteiger partial charge in [-0.3, -0.25) is 4.79 Å². The molecule has 0 saturated carbocycles. The lowest BCUT2D eigenvalue weighted by atomic mass is 10.1. The predicted octanol–water partition coefficient (Wildman–Crippen LogP) is 3.33. The minimum Gasteiger partial charge on any atom is -0.495 e. The zero-order valence-corrected chi connectivity index (χ0v) is 11.8. The van der Waals surface area contributed by atoms with E-state index in [0.29, 0.717) is 22.4 Å². The Bertz CT molecular complexity index is 709. The molecule has 2 rings (SSSR count). The summed E-state index contributed by atoms with van der Waals surface area (Å²) in [6, 6.07) is 17.9. The summed E-state index contributed by atoms with van der Waals surface area (Å²) in [7, 11) is 1.55. The number of nitriles is 2. The predicted molar refractivity (Wildman–Crippen MR) is 78.9 cm³/mol. The van der Waals surface area contributed by atoms with Gasteiger partial charge in [0.05, 0.1) is 24.3 Å². The first-order valence-electron chi connectivity index (χ1n) is 6.17. The maximum Gasteiger partial charge on any atom is 0.161 e. The van der Waals surface area contributed by atoms with Crippen molar-refractivity contribution in [3.8, 4) is 17.9 Å². The van der Waals surface area contributed by atoms with Crippen molar-refractivity contribution in [2.45, 2.75) is 6.92 Å². The van der Waals surface area contributed by atoms with Crippen LogP contribution in [0, 0.1) is 22.7 Å². The van der Waals surface area contributed by atoms with Crippen LogP contribution in [-0.2, 0) is 0 Å². The number of benzene rings is 2. The molecule has 0 aliphatic heterocycles. The molecule has 0 atom stereocenters. The molecule has 2 aromatic rings. The summed E-state index contributed by atoms with van der Waals surface area (Å²) < 4.78 is 4.91. The van der Waals surface area contributed by atoms with Crippen LogP contribution in [0.5, 0.6) is 5.75 Å². The van der Waals surface area contributed by atoms with Crippen LogP contribution in [0.1, 0.15) is 28.4 Å². The number of rotatable bonds is 2. The summed E-state index contributed by atoms with van der Waals surface area (Å²) in [5, 5.41) is 17.1. The molecule has 0 N–H and O–H groups in total. The zero-order valence-electron chi connectivity index (χ0n) is 11.8. The van der Waals surface area contributed by atoms with E-state index in [-0.39, 0.29) is 5.78 Å². The average Bonchev–Trinajstić information content (AvgIpc) is 2.55. The highest BCUT2D eigenvalue weighted by Crippen LogP contribution is 2.14. The lowest BCUT2D eigenvalue weighted by Gasteiger charge is -1.98. The van der Waals surface area contributed by atoms with Gasteiger partial charge in [0.15, 0.2) is 5.78 Å². The summed E-state index contributed by atoms with van der Waals surface area (Å²) in [4.78, 5) is 10.9. The third-order valence-electron chi connectivity index (χ3n) is 2.65. The number of carbonyl (C=O) groups is 1. The maximum atomic E-state index is 10.9. The summed E-state index contributed by atoms with van der Waals surface area (Å²) in [5.74, 6) is 0.562. The second kappa shape index (κ2) is 8.14. The van der Waals surface area contributed by atoms with Crippen LogP contribution in [-0.4, -0.2) is 12.9 Å². The summed E-state index contributed by atoms with van der Waals surface area (Å²) in [5.41, 5.74) is 1.51. The topological polar surface area (TPSA) is 73.9 Å². The number of nitrogens with zero attached hydrogens (tertiary/aromatic N) is 2. The van der Waals surface area contributed by atoms with Crippen molar-refractivity contribution >= 4 is 5.78 Å². The molecule has 0 amide bonds. The number of ether oxygens (including phenoxy) is 1. The van der Waals surface area contributed by atoms with E-state index in [1.54, 1.807) is 49.6 Å². The fourth-order valence-corrected chi connectivity index (χ4v) is 1.62. The first-order valence-corrected chi connectivity index (χ1v) is 6.17. The highest BCUT2D eigenvalue weighted by atomic mass is 16.5. The number of para-hydroxylation sites is 1. The number of carbonyl (C=O) groups excluding carboxylic acids is 1. The molecule has 104 valence electrons. The molecule has 21 heavy (non-hydrogen) atoms. The Labute approximate surface area is 123 Å². The standard InChI is InChI=1S/C9H7NO.C8H7NO/c1-7(11)9-5-3-2-4-8(9)6-10;1-10-8-5-3-2-4-7(8)6-9/h2-5H,1H3;2-5H,1H3. The minimum atomic E-state index is -0.0675. The molecule has 0 saturated heterocycles. The van der Waals surface area contributed by atoms with E-state index in [4.69, 9.17) is 15.3 Å². The van der Waals surface area contributed by atoms with Crippen LogP contribution < -0.4 is 4.74 Å². The van der Waals surface area contributed by atoms with Crippen molar-refractivity contribution in [1.29, 1.82) is 10.5 Å². The second-order valence-electron chi connectivity index (χ2n) is 4.03. The third-order valence-corrected chi connectivity index (χ3v) is 2.65. The number of hydrogen-bond donors (Lipinski definition) is 0. The van der Waals surface area contributed by atoms with Gasteiger partial charge < -0.3 is 4.74 Å². The normalized spacial score (nSPS) is 8.57. The monoisotopic (exact) mass is 278 g/mol. The fourth-order valence-electron chi connectivity index (χ4n) is 1.62. The molecule has 0 aliphatic carbocycles. The summed E-state index contributed by atoms with van der Waals surface area (Å²) in [6.07, 6.45) is 0. The van der Waals surface area contributed by atoms with Gasteiger partial charge in [0.2, 0.25) is 0 Å². The first-order chi connectivity index (χ1) is 10.1. The second-order valence-corrected chi connectivity index (χ2v) is 4.03. The van der Waals surface area contributed by atoms with Gasteiger partial charge in [-0.15, -0.1) is 0 Å². The summed E-state index contributed by atoms with van der Waals surface area (Å²) >= 11 is 0. The lowest BCUT2D eigenvalue weighted by molar-refractivity contribution is 0.101. The molecule has 0 radical (unpaired) electrons. The smallest absolute Gasteiger partial charge is 0.161 e. The molecule has 2 aromatic carbocycles. The first kappa shape index (κ1) is 15.9. The van der Waals surface area contributed by atoms with Crippen LogP contribution in [0.25, 0.3) is 0 Å². The Morgan fingerprint density at radius 2 is 1.48 bits per heavy atom. The van der Waals surface area contributed by atoms with Crippen molar-refractivity contribution in [2.24, 2.45) is 0 Å². The largest absolute Gasteiger partial charge is 0.495 e. The fraction of sp³-hybridized carbons (Fsp3) is 0.118. The number of ketones is 1. The molecule has 0 heterocycles. The third kappa shape index (κ3) is 4.49. The molecule has 4 heteroatoms. The van der Waals surface area contributed by atoms with Gasteiger partial charge >= 0.3 is 0 Å². The van der Waals surface area contributed by atoms with E-state index in [0.717, 1.165) is 0 Å². The summed E-state index contributed by atoms with van der Waals surface area (Å²) in [6.45, 7) is 1.45. The van der Waals surface area contributed by atoms with Crippen LogP contribution in [0.3, 0.4) is 0 Å². The quantitative estimate of drug-likeness (QED) is 0.790. The van der Waals surface area contributed by atoms with Crippen molar-refractivity contribution < 1.29 is 9.53 Å². The van der Waals surface area contributed by atoms with Crippen LogP contribution in [0.15, 0.2) is 48.5 Å². The minimum absolute atomic E-state index is 0.0675. The Balaban J connectivity index is 0.000000211. The molecule has 0 aromatic heterocycles. The van der Waals surface area contributed by atoms with Gasteiger partial charge in [0.1, 0.15) is 11.8 Å². The van der Waals surface area contributed by atoms with E-state index < -0.39 is 0 Å². The van der Waals surface area contributed by atoms with E-state index in [1.165, 1.54) is 6.92 Å². The number of methoxy groups -OCH3 is 1. The molecule has 0 fully saturated rings. The van der Waals surface area contributed by atoms with Gasteiger partial charge in [-0.2, -0.15) is 10.5 Å². The molecule has 0 bridgehead atoms. The van der Waals surface area contributed by atoms with E-state index in [2.05, 4.69) is 0 Å². The maximum absolute atomic E-state index is 10.9. The SMILES string of the molecule is CC(=O)c1ccccc1C#N.COc1ccccc1C#N. The highest BCUT2D eigenvalue weighted by molar-refractivity contribution is 5.96. The van der Waals surface area contributed by atoms with Crippen LogP contribution in [0.4, 0.5) is 0 Å². The Kier molecular flexibility index (Phi) is 6.18. The van der Waals surface area contributed by atoms with E-state index >= 15 is 0 Å². The number of hydrogen-bond acceptors (Lipinski definition) is 4. The Hall–Kier alpha value is -3.11. The number of Topliss-reactive ketones (excluding diaryl/α,β-unsaturated/α-hetero) is 1. The van der Waals surface area contributed by atoms with E-state index in [9.17, 15) is 4.79 Å². The van der Waals surface area contributed by atoms with Gasteiger partial charge in [0, 0.05) is 5.56 Å². The van der Waals surface area contributed by atoms with Crippen LogP contribution >= 0.6 is 0 Å². The van der Waals surface area contributed by atoms with Crippen molar-refractivity contribution in [3.05, 3.63) is 65.2 Å². The van der Waals surface area contributed by atoms with Crippen molar-refractivity contribution in [1.82, 2.24) is 0 Å². The van der Waals surface area contributed by atoms with Gasteiger partial charge in [-0.1, -0.05) is 30.3 Å². The average molecular weight is 278 g/mol. The molecule has 0 spiro atoms.